The summed E-state index contributed by atoms with van der Waals surface area (Å²) in [4.78, 5) is 0. The van der Waals surface area contributed by atoms with Crippen LogP contribution in [-0.2, 0) is 4.74 Å². The fourth-order valence-corrected chi connectivity index (χ4v) is 3.32. The monoisotopic (exact) mass is 196 g/mol. The second-order valence-corrected chi connectivity index (χ2v) is 4.99. The van der Waals surface area contributed by atoms with Crippen LogP contribution in [0.4, 0.5) is 0 Å². The van der Waals surface area contributed by atoms with E-state index in [2.05, 4.69) is 10.6 Å². The van der Waals surface area contributed by atoms with Crippen LogP contribution in [0.3, 0.4) is 0 Å². The minimum Gasteiger partial charge on any atom is -0.369 e. The lowest BCUT2D eigenvalue weighted by atomic mass is 9.78. The van der Waals surface area contributed by atoms with Crippen molar-refractivity contribution >= 4 is 0 Å². The van der Waals surface area contributed by atoms with Gasteiger partial charge in [-0.1, -0.05) is 12.8 Å². The normalized spacial score (nSPS) is 37.3. The van der Waals surface area contributed by atoms with E-state index in [1.165, 1.54) is 25.7 Å². The van der Waals surface area contributed by atoms with Gasteiger partial charge >= 0.3 is 0 Å². The van der Waals surface area contributed by atoms with E-state index >= 15 is 0 Å². The Morgan fingerprint density at radius 3 is 2.57 bits per heavy atom. The van der Waals surface area contributed by atoms with Gasteiger partial charge in [0.15, 0.2) is 0 Å². The van der Waals surface area contributed by atoms with Crippen molar-refractivity contribution in [3.63, 3.8) is 0 Å². The van der Waals surface area contributed by atoms with E-state index in [-0.39, 0.29) is 5.60 Å². The second-order valence-electron chi connectivity index (χ2n) is 4.99. The molecule has 0 aromatic carbocycles. The Morgan fingerprint density at radius 2 is 1.93 bits per heavy atom. The molecule has 1 atom stereocenters. The van der Waals surface area contributed by atoms with Crippen LogP contribution in [0.15, 0.2) is 0 Å². The topological polar surface area (TPSA) is 33.3 Å². The highest BCUT2D eigenvalue weighted by Gasteiger charge is 2.50. The van der Waals surface area contributed by atoms with Crippen molar-refractivity contribution in [3.05, 3.63) is 0 Å². The lowest BCUT2D eigenvalue weighted by molar-refractivity contribution is -0.138. The van der Waals surface area contributed by atoms with Gasteiger partial charge in [0.05, 0.1) is 6.61 Å². The van der Waals surface area contributed by atoms with Crippen LogP contribution >= 0.6 is 0 Å². The molecule has 1 saturated carbocycles. The molecule has 3 heteroatoms. The van der Waals surface area contributed by atoms with Crippen molar-refractivity contribution in [3.8, 4) is 0 Å². The van der Waals surface area contributed by atoms with Crippen LogP contribution in [0, 0.1) is 5.92 Å². The van der Waals surface area contributed by atoms with Gasteiger partial charge in [0, 0.05) is 25.7 Å². The average molecular weight is 196 g/mol. The molecule has 0 aromatic heterocycles. The lowest BCUT2D eigenvalue weighted by Crippen LogP contribution is -2.74. The first-order chi connectivity index (χ1) is 6.91. The Kier molecular flexibility index (Phi) is 2.26. The summed E-state index contributed by atoms with van der Waals surface area (Å²) in [7, 11) is 0. The molecular weight excluding hydrogens is 176 g/mol. The van der Waals surface area contributed by atoms with E-state index < -0.39 is 0 Å². The van der Waals surface area contributed by atoms with Crippen molar-refractivity contribution in [1.29, 1.82) is 0 Å². The molecule has 0 amide bonds. The number of morpholine rings is 1. The van der Waals surface area contributed by atoms with E-state index in [0.29, 0.717) is 6.04 Å². The SMILES string of the molecule is C1CCC(C2NCCOC23CNC3)C1. The zero-order valence-corrected chi connectivity index (χ0v) is 8.72. The summed E-state index contributed by atoms with van der Waals surface area (Å²) in [6.45, 7) is 4.05. The Hall–Kier alpha value is -0.120. The predicted molar refractivity (Wildman–Crippen MR) is 55.3 cm³/mol. The molecule has 3 rings (SSSR count). The molecule has 80 valence electrons. The molecule has 14 heavy (non-hydrogen) atoms. The van der Waals surface area contributed by atoms with Gasteiger partial charge in [-0.15, -0.1) is 0 Å². The minimum atomic E-state index is 0.160. The van der Waals surface area contributed by atoms with Crippen LogP contribution in [0.2, 0.25) is 0 Å². The van der Waals surface area contributed by atoms with Crippen LogP contribution in [0.5, 0.6) is 0 Å². The molecule has 2 saturated heterocycles. The van der Waals surface area contributed by atoms with Gasteiger partial charge < -0.3 is 15.4 Å². The molecule has 0 radical (unpaired) electrons. The van der Waals surface area contributed by atoms with E-state index in [1.54, 1.807) is 0 Å². The van der Waals surface area contributed by atoms with Crippen molar-refractivity contribution in [2.24, 2.45) is 5.92 Å². The molecule has 0 bridgehead atoms. The summed E-state index contributed by atoms with van der Waals surface area (Å²) in [5, 5.41) is 7.05. The molecule has 2 aliphatic heterocycles. The summed E-state index contributed by atoms with van der Waals surface area (Å²) in [5.74, 6) is 0.873. The number of hydrogen-bond acceptors (Lipinski definition) is 3. The largest absolute Gasteiger partial charge is 0.369 e. The van der Waals surface area contributed by atoms with Crippen molar-refractivity contribution in [1.82, 2.24) is 10.6 Å². The molecule has 3 aliphatic rings. The van der Waals surface area contributed by atoms with Crippen molar-refractivity contribution < 1.29 is 4.74 Å². The quantitative estimate of drug-likeness (QED) is 0.641. The van der Waals surface area contributed by atoms with E-state index in [4.69, 9.17) is 4.74 Å². The molecule has 3 fully saturated rings. The first-order valence-electron chi connectivity index (χ1n) is 5.99. The highest BCUT2D eigenvalue weighted by atomic mass is 16.5. The standard InChI is InChI=1S/C11H20N2O/c1-2-4-9(3-1)10-11(7-12-8-11)14-6-5-13-10/h9-10,12-13H,1-8H2. The number of nitrogens with one attached hydrogen (secondary N) is 2. The highest BCUT2D eigenvalue weighted by Crippen LogP contribution is 2.36. The summed E-state index contributed by atoms with van der Waals surface area (Å²) in [6.07, 6.45) is 5.66. The zero-order valence-electron chi connectivity index (χ0n) is 8.72. The van der Waals surface area contributed by atoms with Gasteiger partial charge in [0.25, 0.3) is 0 Å². The first kappa shape index (κ1) is 9.13. The summed E-state index contributed by atoms with van der Waals surface area (Å²) >= 11 is 0. The molecule has 0 aromatic rings. The van der Waals surface area contributed by atoms with E-state index in [1.807, 2.05) is 0 Å². The minimum absolute atomic E-state index is 0.160. The van der Waals surface area contributed by atoms with Gasteiger partial charge in [-0.05, 0) is 18.8 Å². The maximum absolute atomic E-state index is 6.00. The van der Waals surface area contributed by atoms with Crippen LogP contribution in [0.1, 0.15) is 25.7 Å². The molecule has 2 heterocycles. The fourth-order valence-electron chi connectivity index (χ4n) is 3.32. The fraction of sp³-hybridized carbons (Fsp3) is 1.00. The van der Waals surface area contributed by atoms with Gasteiger partial charge in [0.2, 0.25) is 0 Å². The molecule has 1 unspecified atom stereocenters. The number of ether oxygens (including phenoxy) is 1. The third kappa shape index (κ3) is 1.30. The van der Waals surface area contributed by atoms with Gasteiger partial charge in [-0.3, -0.25) is 0 Å². The van der Waals surface area contributed by atoms with Crippen LogP contribution in [0.25, 0.3) is 0 Å². The van der Waals surface area contributed by atoms with Crippen LogP contribution in [-0.4, -0.2) is 37.9 Å². The van der Waals surface area contributed by atoms with Crippen LogP contribution < -0.4 is 10.6 Å². The summed E-state index contributed by atoms with van der Waals surface area (Å²) < 4.78 is 6.00. The second kappa shape index (κ2) is 3.47. The van der Waals surface area contributed by atoms with Crippen molar-refractivity contribution in [2.75, 3.05) is 26.2 Å². The molecule has 2 N–H and O–H groups in total. The molecule has 3 nitrogen and oxygen atoms in total. The maximum Gasteiger partial charge on any atom is 0.108 e. The van der Waals surface area contributed by atoms with Crippen molar-refractivity contribution in [2.45, 2.75) is 37.3 Å². The first-order valence-corrected chi connectivity index (χ1v) is 5.99. The molecular formula is C11H20N2O. The number of hydrogen-bond donors (Lipinski definition) is 2. The number of rotatable bonds is 1. The van der Waals surface area contributed by atoms with Gasteiger partial charge in [-0.2, -0.15) is 0 Å². The van der Waals surface area contributed by atoms with E-state index in [0.717, 1.165) is 32.2 Å². The molecule has 1 aliphatic carbocycles. The van der Waals surface area contributed by atoms with Gasteiger partial charge in [0.1, 0.15) is 5.60 Å². The maximum atomic E-state index is 6.00. The third-order valence-electron chi connectivity index (χ3n) is 4.14. The Morgan fingerprint density at radius 1 is 1.14 bits per heavy atom. The smallest absolute Gasteiger partial charge is 0.108 e. The van der Waals surface area contributed by atoms with Gasteiger partial charge in [-0.25, -0.2) is 0 Å². The Labute approximate surface area is 85.6 Å². The predicted octanol–water partition coefficient (Wildman–Crippen LogP) is 0.507. The average Bonchev–Trinajstić information content (AvgIpc) is 2.68. The highest BCUT2D eigenvalue weighted by molar-refractivity contribution is 5.08. The molecule has 1 spiro atoms. The zero-order chi connectivity index (χ0) is 9.43. The van der Waals surface area contributed by atoms with E-state index in [9.17, 15) is 0 Å². The Bertz CT molecular complexity index is 209. The summed E-state index contributed by atoms with van der Waals surface area (Å²) in [5.41, 5.74) is 0.160. The summed E-state index contributed by atoms with van der Waals surface area (Å²) in [6, 6.07) is 0.625. The lowest BCUT2D eigenvalue weighted by Gasteiger charge is -2.52. The third-order valence-corrected chi connectivity index (χ3v) is 4.14. The Balaban J connectivity index is 1.74.